The van der Waals surface area contributed by atoms with E-state index in [1.54, 1.807) is 24.5 Å². The fourth-order valence-corrected chi connectivity index (χ4v) is 3.33. The van der Waals surface area contributed by atoms with E-state index in [1.807, 2.05) is 30.3 Å². The lowest BCUT2D eigenvalue weighted by Crippen LogP contribution is -2.35. The summed E-state index contributed by atoms with van der Waals surface area (Å²) in [5, 5.41) is 8.12. The average molecular weight is 421 g/mol. The van der Waals surface area contributed by atoms with Gasteiger partial charge in [-0.1, -0.05) is 18.2 Å². The van der Waals surface area contributed by atoms with E-state index < -0.39 is 0 Å². The summed E-state index contributed by atoms with van der Waals surface area (Å²) in [7, 11) is 3.26. The quantitative estimate of drug-likeness (QED) is 0.515. The zero-order valence-corrected chi connectivity index (χ0v) is 17.7. The molecule has 8 nitrogen and oxygen atoms in total. The third kappa shape index (κ3) is 8.18. The number of nitrogens with one attached hydrogen (secondary N) is 2. The number of rotatable bonds is 12. The van der Waals surface area contributed by atoms with E-state index >= 15 is 0 Å². The van der Waals surface area contributed by atoms with E-state index in [9.17, 15) is 9.59 Å². The SMILES string of the molecule is COCCCNC(=O)c1csc(CN(CCCOC)C(=O)Nc2ccccc2)n1. The molecule has 9 heteroatoms. The highest BCUT2D eigenvalue weighted by atomic mass is 32.1. The largest absolute Gasteiger partial charge is 0.385 e. The van der Waals surface area contributed by atoms with Gasteiger partial charge in [0.1, 0.15) is 10.7 Å². The monoisotopic (exact) mass is 420 g/mol. The van der Waals surface area contributed by atoms with Crippen LogP contribution < -0.4 is 10.6 Å². The lowest BCUT2D eigenvalue weighted by atomic mass is 10.3. The van der Waals surface area contributed by atoms with Gasteiger partial charge in [-0.15, -0.1) is 11.3 Å². The average Bonchev–Trinajstić information content (AvgIpc) is 3.20. The Morgan fingerprint density at radius 3 is 2.55 bits per heavy atom. The Bertz CT molecular complexity index is 754. The minimum Gasteiger partial charge on any atom is -0.385 e. The van der Waals surface area contributed by atoms with Crippen LogP contribution in [0.25, 0.3) is 0 Å². The highest BCUT2D eigenvalue weighted by Gasteiger charge is 2.17. The Kier molecular flexibility index (Phi) is 10.1. The summed E-state index contributed by atoms with van der Waals surface area (Å²) < 4.78 is 10.1. The molecule has 0 spiro atoms. The van der Waals surface area contributed by atoms with Gasteiger partial charge in [-0.05, 0) is 25.0 Å². The van der Waals surface area contributed by atoms with Crippen molar-refractivity contribution >= 4 is 29.0 Å². The first-order valence-electron chi connectivity index (χ1n) is 9.45. The Morgan fingerprint density at radius 2 is 1.83 bits per heavy atom. The van der Waals surface area contributed by atoms with E-state index in [2.05, 4.69) is 15.6 Å². The summed E-state index contributed by atoms with van der Waals surface area (Å²) in [6, 6.07) is 9.07. The molecule has 0 fully saturated rings. The van der Waals surface area contributed by atoms with E-state index in [0.29, 0.717) is 50.0 Å². The fraction of sp³-hybridized carbons (Fsp3) is 0.450. The first-order chi connectivity index (χ1) is 14.1. The second-order valence-corrected chi connectivity index (χ2v) is 7.24. The summed E-state index contributed by atoms with van der Waals surface area (Å²) in [6.45, 7) is 2.52. The van der Waals surface area contributed by atoms with Crippen LogP contribution in [0.3, 0.4) is 0 Å². The normalized spacial score (nSPS) is 10.6. The third-order valence-electron chi connectivity index (χ3n) is 4.01. The van der Waals surface area contributed by atoms with Crippen molar-refractivity contribution in [2.24, 2.45) is 0 Å². The summed E-state index contributed by atoms with van der Waals surface area (Å²) in [5.41, 5.74) is 1.09. The fourth-order valence-electron chi connectivity index (χ4n) is 2.54. The van der Waals surface area contributed by atoms with E-state index in [-0.39, 0.29) is 11.9 Å². The number of ether oxygens (including phenoxy) is 2. The second kappa shape index (κ2) is 12.9. The third-order valence-corrected chi connectivity index (χ3v) is 4.84. The van der Waals surface area contributed by atoms with Crippen LogP contribution >= 0.6 is 11.3 Å². The molecule has 0 bridgehead atoms. The molecule has 0 saturated heterocycles. The van der Waals surface area contributed by atoms with Crippen LogP contribution in [0.4, 0.5) is 10.5 Å². The number of urea groups is 1. The number of para-hydroxylation sites is 1. The van der Waals surface area contributed by atoms with Gasteiger partial charge >= 0.3 is 6.03 Å². The molecule has 158 valence electrons. The van der Waals surface area contributed by atoms with Crippen molar-refractivity contribution < 1.29 is 19.1 Å². The van der Waals surface area contributed by atoms with Crippen molar-refractivity contribution in [3.8, 4) is 0 Å². The molecule has 1 aromatic carbocycles. The maximum atomic E-state index is 12.7. The van der Waals surface area contributed by atoms with Crippen molar-refractivity contribution in [2.75, 3.05) is 45.8 Å². The lowest BCUT2D eigenvalue weighted by molar-refractivity contribution is 0.0944. The number of aromatic nitrogens is 1. The van der Waals surface area contributed by atoms with Gasteiger partial charge < -0.3 is 25.0 Å². The van der Waals surface area contributed by atoms with Gasteiger partial charge in [-0.3, -0.25) is 4.79 Å². The molecular formula is C20H28N4O4S. The Labute approximate surface area is 175 Å². The molecule has 1 aromatic heterocycles. The van der Waals surface area contributed by atoms with E-state index in [0.717, 1.165) is 12.1 Å². The van der Waals surface area contributed by atoms with Gasteiger partial charge in [-0.2, -0.15) is 0 Å². The molecule has 1 heterocycles. The standard InChI is InChI=1S/C20H28N4O4S/c1-27-12-6-10-21-19(25)17-15-29-18(23-17)14-24(11-7-13-28-2)20(26)22-16-8-4-3-5-9-16/h3-5,8-9,15H,6-7,10-14H2,1-2H3,(H,21,25)(H,22,26). The Morgan fingerprint density at radius 1 is 1.10 bits per heavy atom. The van der Waals surface area contributed by atoms with Gasteiger partial charge in [-0.25, -0.2) is 9.78 Å². The maximum absolute atomic E-state index is 12.7. The minimum atomic E-state index is -0.219. The number of benzene rings is 1. The summed E-state index contributed by atoms with van der Waals surface area (Å²) in [5.74, 6) is -0.219. The maximum Gasteiger partial charge on any atom is 0.322 e. The number of thiazole rings is 1. The first-order valence-corrected chi connectivity index (χ1v) is 10.3. The zero-order valence-electron chi connectivity index (χ0n) is 16.8. The number of amides is 3. The Balaban J connectivity index is 1.96. The van der Waals surface area contributed by atoms with Crippen LogP contribution in [-0.4, -0.2) is 62.3 Å². The van der Waals surface area contributed by atoms with Crippen molar-refractivity contribution in [1.82, 2.24) is 15.2 Å². The molecule has 0 atom stereocenters. The molecule has 0 aliphatic rings. The second-order valence-electron chi connectivity index (χ2n) is 6.29. The van der Waals surface area contributed by atoms with Crippen LogP contribution in [0, 0.1) is 0 Å². The number of methoxy groups -OCH3 is 2. The smallest absolute Gasteiger partial charge is 0.322 e. The van der Waals surface area contributed by atoms with Crippen molar-refractivity contribution in [3.05, 3.63) is 46.4 Å². The lowest BCUT2D eigenvalue weighted by Gasteiger charge is -2.22. The van der Waals surface area contributed by atoms with E-state index in [4.69, 9.17) is 9.47 Å². The molecular weight excluding hydrogens is 392 g/mol. The number of carbonyl (C=O) groups excluding carboxylic acids is 2. The summed E-state index contributed by atoms with van der Waals surface area (Å²) >= 11 is 1.36. The van der Waals surface area contributed by atoms with Gasteiger partial charge in [0.05, 0.1) is 6.54 Å². The Hall–Kier alpha value is -2.49. The van der Waals surface area contributed by atoms with Crippen LogP contribution in [0.2, 0.25) is 0 Å². The first kappa shape index (κ1) is 22.8. The van der Waals surface area contributed by atoms with Crippen molar-refractivity contribution in [1.29, 1.82) is 0 Å². The summed E-state index contributed by atoms with van der Waals surface area (Å²) in [6.07, 6.45) is 1.45. The van der Waals surface area contributed by atoms with E-state index in [1.165, 1.54) is 11.3 Å². The van der Waals surface area contributed by atoms with Crippen LogP contribution in [0.1, 0.15) is 28.3 Å². The van der Waals surface area contributed by atoms with Gasteiger partial charge in [0.25, 0.3) is 5.91 Å². The van der Waals surface area contributed by atoms with Gasteiger partial charge in [0.15, 0.2) is 0 Å². The molecule has 2 rings (SSSR count). The van der Waals surface area contributed by atoms with Crippen LogP contribution in [0.15, 0.2) is 35.7 Å². The molecule has 3 amide bonds. The predicted octanol–water partition coefficient (Wildman–Crippen LogP) is 2.98. The zero-order chi connectivity index (χ0) is 20.9. The molecule has 0 aliphatic carbocycles. The molecule has 0 radical (unpaired) electrons. The highest BCUT2D eigenvalue weighted by Crippen LogP contribution is 2.15. The van der Waals surface area contributed by atoms with Crippen LogP contribution in [-0.2, 0) is 16.0 Å². The van der Waals surface area contributed by atoms with Gasteiger partial charge in [0, 0.05) is 51.6 Å². The highest BCUT2D eigenvalue weighted by molar-refractivity contribution is 7.09. The molecule has 0 aliphatic heterocycles. The predicted molar refractivity (Wildman–Crippen MR) is 113 cm³/mol. The number of anilines is 1. The molecule has 2 aromatic rings. The van der Waals surface area contributed by atoms with Crippen molar-refractivity contribution in [2.45, 2.75) is 19.4 Å². The number of nitrogens with zero attached hydrogens (tertiary/aromatic N) is 2. The molecule has 0 unspecified atom stereocenters. The van der Waals surface area contributed by atoms with Crippen LogP contribution in [0.5, 0.6) is 0 Å². The van der Waals surface area contributed by atoms with Crippen molar-refractivity contribution in [3.63, 3.8) is 0 Å². The number of carbonyl (C=O) groups is 2. The van der Waals surface area contributed by atoms with Gasteiger partial charge in [0.2, 0.25) is 0 Å². The molecule has 0 saturated carbocycles. The summed E-state index contributed by atoms with van der Waals surface area (Å²) in [4.78, 5) is 31.0. The number of hydrogen-bond donors (Lipinski definition) is 2. The molecule has 2 N–H and O–H groups in total. The number of hydrogen-bond acceptors (Lipinski definition) is 6. The molecule has 29 heavy (non-hydrogen) atoms. The topological polar surface area (TPSA) is 92.8 Å². The minimum absolute atomic E-state index is 0.215.